The van der Waals surface area contributed by atoms with Crippen molar-refractivity contribution in [2.75, 3.05) is 5.32 Å². The number of aliphatic hydroxyl groups excluding tert-OH is 1. The van der Waals surface area contributed by atoms with Crippen LogP contribution in [0.2, 0.25) is 5.02 Å². The summed E-state index contributed by atoms with van der Waals surface area (Å²) in [6.45, 7) is 1.67. The summed E-state index contributed by atoms with van der Waals surface area (Å²) < 4.78 is 19.5. The van der Waals surface area contributed by atoms with Gasteiger partial charge in [-0.05, 0) is 36.8 Å². The fourth-order valence-corrected chi connectivity index (χ4v) is 3.00. The zero-order chi connectivity index (χ0) is 20.1. The Hall–Kier alpha value is -2.89. The second kappa shape index (κ2) is 8.87. The summed E-state index contributed by atoms with van der Waals surface area (Å²) >= 11 is 6.09. The van der Waals surface area contributed by atoms with Gasteiger partial charge in [-0.3, -0.25) is 4.79 Å². The van der Waals surface area contributed by atoms with Crippen LogP contribution in [0.25, 0.3) is 0 Å². The number of ether oxygens (including phenoxy) is 1. The Morgan fingerprint density at radius 3 is 2.64 bits per heavy atom. The van der Waals surface area contributed by atoms with E-state index in [-0.39, 0.29) is 23.7 Å². The molecule has 0 unspecified atom stereocenters. The van der Waals surface area contributed by atoms with E-state index in [9.17, 15) is 14.3 Å². The van der Waals surface area contributed by atoms with Gasteiger partial charge in [-0.2, -0.15) is 0 Å². The SMILES string of the molecule is Cc1ccc(Nc2c(F)cccc2Cl)c(CC(=O)Oc2ccccc2CO)c1. The molecule has 0 aliphatic heterocycles. The molecule has 0 amide bonds. The second-order valence-corrected chi connectivity index (χ2v) is 6.71. The number of aliphatic hydroxyl groups is 1. The summed E-state index contributed by atoms with van der Waals surface area (Å²) in [5.41, 5.74) is 2.82. The van der Waals surface area contributed by atoms with Crippen LogP contribution in [0.4, 0.5) is 15.8 Å². The lowest BCUT2D eigenvalue weighted by molar-refractivity contribution is -0.133. The average molecular weight is 400 g/mol. The standard InChI is InChI=1S/C22H19ClFNO3/c1-14-9-10-19(25-22-17(23)6-4-7-18(22)24)16(11-14)12-21(27)28-20-8-3-2-5-15(20)13-26/h2-11,25-26H,12-13H2,1H3. The maximum atomic E-state index is 14.1. The number of rotatable bonds is 6. The number of anilines is 2. The Morgan fingerprint density at radius 1 is 1.11 bits per heavy atom. The molecular formula is C22H19ClFNO3. The molecule has 3 rings (SSSR count). The number of nitrogens with one attached hydrogen (secondary N) is 1. The van der Waals surface area contributed by atoms with Gasteiger partial charge in [-0.1, -0.05) is 53.6 Å². The smallest absolute Gasteiger partial charge is 0.315 e. The first-order valence-electron chi connectivity index (χ1n) is 8.68. The molecule has 4 nitrogen and oxygen atoms in total. The molecule has 0 spiro atoms. The third kappa shape index (κ3) is 4.68. The normalized spacial score (nSPS) is 10.6. The molecule has 0 fully saturated rings. The van der Waals surface area contributed by atoms with Crippen LogP contribution in [0.5, 0.6) is 5.75 Å². The highest BCUT2D eigenvalue weighted by atomic mass is 35.5. The van der Waals surface area contributed by atoms with Gasteiger partial charge in [0.2, 0.25) is 0 Å². The third-order valence-electron chi connectivity index (χ3n) is 4.18. The van der Waals surface area contributed by atoms with Crippen molar-refractivity contribution >= 4 is 28.9 Å². The molecule has 0 aliphatic rings. The molecule has 0 saturated heterocycles. The Bertz CT molecular complexity index is 987. The van der Waals surface area contributed by atoms with Crippen LogP contribution in [0, 0.1) is 12.7 Å². The first-order valence-corrected chi connectivity index (χ1v) is 9.05. The number of para-hydroxylation sites is 2. The maximum absolute atomic E-state index is 14.1. The van der Waals surface area contributed by atoms with Crippen LogP contribution in [0.3, 0.4) is 0 Å². The molecule has 144 valence electrons. The lowest BCUT2D eigenvalue weighted by Crippen LogP contribution is -2.13. The fraction of sp³-hybridized carbons (Fsp3) is 0.136. The fourth-order valence-electron chi connectivity index (χ4n) is 2.79. The van der Waals surface area contributed by atoms with Gasteiger partial charge in [-0.15, -0.1) is 0 Å². The van der Waals surface area contributed by atoms with Crippen LogP contribution in [-0.4, -0.2) is 11.1 Å². The Labute approximate surface area is 167 Å². The first-order chi connectivity index (χ1) is 13.5. The summed E-state index contributed by atoms with van der Waals surface area (Å²) in [6, 6.07) is 16.6. The van der Waals surface area contributed by atoms with Crippen molar-refractivity contribution in [2.45, 2.75) is 20.0 Å². The number of aryl methyl sites for hydroxylation is 1. The Balaban J connectivity index is 1.84. The van der Waals surface area contributed by atoms with Gasteiger partial charge < -0.3 is 15.2 Å². The van der Waals surface area contributed by atoms with Crippen molar-refractivity contribution in [2.24, 2.45) is 0 Å². The summed E-state index contributed by atoms with van der Waals surface area (Å²) in [7, 11) is 0. The van der Waals surface area contributed by atoms with Gasteiger partial charge in [0.15, 0.2) is 0 Å². The van der Waals surface area contributed by atoms with E-state index in [0.717, 1.165) is 5.56 Å². The van der Waals surface area contributed by atoms with E-state index in [0.29, 0.717) is 22.6 Å². The lowest BCUT2D eigenvalue weighted by Gasteiger charge is -2.15. The van der Waals surface area contributed by atoms with Crippen LogP contribution < -0.4 is 10.1 Å². The van der Waals surface area contributed by atoms with Gasteiger partial charge >= 0.3 is 5.97 Å². The molecule has 0 aliphatic carbocycles. The predicted octanol–water partition coefficient (Wildman–Crippen LogP) is 5.17. The lowest BCUT2D eigenvalue weighted by atomic mass is 10.1. The number of carbonyl (C=O) groups is 1. The average Bonchev–Trinajstić information content (AvgIpc) is 2.66. The van der Waals surface area contributed by atoms with Crippen molar-refractivity contribution in [1.82, 2.24) is 0 Å². The monoisotopic (exact) mass is 399 g/mol. The molecule has 3 aromatic rings. The van der Waals surface area contributed by atoms with E-state index in [1.807, 2.05) is 19.1 Å². The van der Waals surface area contributed by atoms with Gasteiger partial charge in [0.1, 0.15) is 11.6 Å². The topological polar surface area (TPSA) is 58.6 Å². The van der Waals surface area contributed by atoms with Gasteiger partial charge in [0, 0.05) is 11.3 Å². The molecule has 3 aromatic carbocycles. The minimum absolute atomic E-state index is 0.0319. The predicted molar refractivity (Wildman–Crippen MR) is 108 cm³/mol. The highest BCUT2D eigenvalue weighted by Gasteiger charge is 2.15. The molecule has 0 radical (unpaired) electrons. The Morgan fingerprint density at radius 2 is 1.89 bits per heavy atom. The maximum Gasteiger partial charge on any atom is 0.315 e. The summed E-state index contributed by atoms with van der Waals surface area (Å²) in [5.74, 6) is -0.665. The van der Waals surface area contributed by atoms with Gasteiger partial charge in [0.05, 0.1) is 23.7 Å². The van der Waals surface area contributed by atoms with Crippen molar-refractivity contribution < 1.29 is 19.0 Å². The Kier molecular flexibility index (Phi) is 6.29. The molecule has 0 heterocycles. The van der Waals surface area contributed by atoms with Crippen LogP contribution in [-0.2, 0) is 17.8 Å². The summed E-state index contributed by atoms with van der Waals surface area (Å²) in [5, 5.41) is 12.6. The highest BCUT2D eigenvalue weighted by molar-refractivity contribution is 6.33. The van der Waals surface area contributed by atoms with E-state index in [1.165, 1.54) is 12.1 Å². The van der Waals surface area contributed by atoms with Gasteiger partial charge in [0.25, 0.3) is 0 Å². The summed E-state index contributed by atoms with van der Waals surface area (Å²) in [4.78, 5) is 12.5. The number of halogens is 2. The van der Waals surface area contributed by atoms with Crippen molar-refractivity contribution in [3.05, 3.63) is 88.2 Å². The summed E-state index contributed by atoms with van der Waals surface area (Å²) in [6.07, 6.45) is -0.0319. The van der Waals surface area contributed by atoms with Crippen molar-refractivity contribution in [3.63, 3.8) is 0 Å². The van der Waals surface area contributed by atoms with Crippen LogP contribution in [0.1, 0.15) is 16.7 Å². The van der Waals surface area contributed by atoms with E-state index >= 15 is 0 Å². The number of hydrogen-bond acceptors (Lipinski definition) is 4. The van der Waals surface area contributed by atoms with E-state index in [1.54, 1.807) is 36.4 Å². The number of benzene rings is 3. The quantitative estimate of drug-likeness (QED) is 0.443. The minimum Gasteiger partial charge on any atom is -0.426 e. The minimum atomic E-state index is -0.491. The number of hydrogen-bond donors (Lipinski definition) is 2. The molecule has 0 saturated carbocycles. The molecule has 0 bridgehead atoms. The first kappa shape index (κ1) is 19.9. The molecule has 0 atom stereocenters. The molecule has 2 N–H and O–H groups in total. The third-order valence-corrected chi connectivity index (χ3v) is 4.50. The zero-order valence-electron chi connectivity index (χ0n) is 15.2. The van der Waals surface area contributed by atoms with E-state index in [2.05, 4.69) is 5.32 Å². The molecular weight excluding hydrogens is 381 g/mol. The van der Waals surface area contributed by atoms with E-state index in [4.69, 9.17) is 16.3 Å². The number of carbonyl (C=O) groups excluding carboxylic acids is 1. The molecule has 6 heteroatoms. The van der Waals surface area contributed by atoms with Crippen molar-refractivity contribution in [3.8, 4) is 5.75 Å². The van der Waals surface area contributed by atoms with Crippen LogP contribution in [0.15, 0.2) is 60.7 Å². The van der Waals surface area contributed by atoms with Crippen LogP contribution >= 0.6 is 11.6 Å². The second-order valence-electron chi connectivity index (χ2n) is 6.30. The zero-order valence-corrected chi connectivity index (χ0v) is 16.0. The number of esters is 1. The largest absolute Gasteiger partial charge is 0.426 e. The van der Waals surface area contributed by atoms with Gasteiger partial charge in [-0.25, -0.2) is 4.39 Å². The van der Waals surface area contributed by atoms with Crippen molar-refractivity contribution in [1.29, 1.82) is 0 Å². The highest BCUT2D eigenvalue weighted by Crippen LogP contribution is 2.30. The molecule has 0 aromatic heterocycles. The van der Waals surface area contributed by atoms with E-state index < -0.39 is 11.8 Å². The molecule has 28 heavy (non-hydrogen) atoms.